The fourth-order valence-electron chi connectivity index (χ4n) is 5.35. The highest BCUT2D eigenvalue weighted by molar-refractivity contribution is 5.79. The Morgan fingerprint density at radius 1 is 1.00 bits per heavy atom. The number of nitrogens with zero attached hydrogens (tertiary/aromatic N) is 4. The largest absolute Gasteiger partial charge is 0.497 e. The zero-order valence-electron chi connectivity index (χ0n) is 21.1. The number of imidazole rings is 1. The van der Waals surface area contributed by atoms with Crippen molar-refractivity contribution < 1.29 is 13.9 Å². The summed E-state index contributed by atoms with van der Waals surface area (Å²) < 4.78 is 22.2. The van der Waals surface area contributed by atoms with Crippen molar-refractivity contribution in [3.63, 3.8) is 0 Å². The summed E-state index contributed by atoms with van der Waals surface area (Å²) in [6.07, 6.45) is 5.23. The number of aromatic nitrogens is 2. The van der Waals surface area contributed by atoms with Gasteiger partial charge >= 0.3 is 0 Å². The van der Waals surface area contributed by atoms with Gasteiger partial charge in [-0.2, -0.15) is 0 Å². The molecule has 6 nitrogen and oxygen atoms in total. The zero-order valence-corrected chi connectivity index (χ0v) is 21.1. The van der Waals surface area contributed by atoms with Gasteiger partial charge < -0.3 is 14.0 Å². The fraction of sp³-hybridized carbons (Fsp3) is 0.333. The highest BCUT2D eigenvalue weighted by Crippen LogP contribution is 2.32. The second-order valence-electron chi connectivity index (χ2n) is 9.99. The molecular formula is C30H31FN4O2. The van der Waals surface area contributed by atoms with Gasteiger partial charge in [-0.15, -0.1) is 0 Å². The molecule has 1 amide bonds. The molecule has 190 valence electrons. The van der Waals surface area contributed by atoms with Gasteiger partial charge in [-0.25, -0.2) is 9.37 Å². The number of carbonyl (C=O) groups excluding carboxylic acids is 1. The van der Waals surface area contributed by atoms with Gasteiger partial charge in [0.25, 0.3) is 0 Å². The van der Waals surface area contributed by atoms with Crippen LogP contribution < -0.4 is 4.74 Å². The number of halogens is 1. The van der Waals surface area contributed by atoms with Crippen LogP contribution in [0, 0.1) is 11.7 Å². The van der Waals surface area contributed by atoms with Crippen LogP contribution in [0.2, 0.25) is 0 Å². The molecule has 2 aromatic carbocycles. The van der Waals surface area contributed by atoms with E-state index in [-0.39, 0.29) is 11.7 Å². The van der Waals surface area contributed by atoms with Crippen LogP contribution in [0.3, 0.4) is 0 Å². The molecule has 1 saturated heterocycles. The van der Waals surface area contributed by atoms with E-state index in [0.29, 0.717) is 18.0 Å². The lowest BCUT2D eigenvalue weighted by Gasteiger charge is -2.38. The van der Waals surface area contributed by atoms with Crippen LogP contribution >= 0.6 is 0 Å². The second kappa shape index (κ2) is 9.98. The fourth-order valence-corrected chi connectivity index (χ4v) is 5.35. The van der Waals surface area contributed by atoms with E-state index in [1.165, 1.54) is 12.5 Å². The molecule has 1 aliphatic heterocycles. The molecule has 4 aromatic rings. The first-order chi connectivity index (χ1) is 18.1. The van der Waals surface area contributed by atoms with Gasteiger partial charge in [0.15, 0.2) is 0 Å². The lowest BCUT2D eigenvalue weighted by molar-refractivity contribution is -0.140. The molecule has 0 bridgehead atoms. The normalized spacial score (nSPS) is 16.6. The van der Waals surface area contributed by atoms with E-state index in [1.807, 2.05) is 53.6 Å². The third-order valence-electron chi connectivity index (χ3n) is 7.76. The van der Waals surface area contributed by atoms with Gasteiger partial charge in [0.1, 0.15) is 17.2 Å². The van der Waals surface area contributed by atoms with E-state index in [0.717, 1.165) is 72.9 Å². The Morgan fingerprint density at radius 2 is 1.81 bits per heavy atom. The van der Waals surface area contributed by atoms with Crippen LogP contribution in [0.5, 0.6) is 5.75 Å². The van der Waals surface area contributed by atoms with Gasteiger partial charge in [0.2, 0.25) is 5.91 Å². The summed E-state index contributed by atoms with van der Waals surface area (Å²) >= 11 is 0. The summed E-state index contributed by atoms with van der Waals surface area (Å²) in [5, 5.41) is 0. The number of carbonyl (C=O) groups is 1. The smallest absolute Gasteiger partial charge is 0.225 e. The third kappa shape index (κ3) is 4.60. The molecule has 0 radical (unpaired) electrons. The maximum atomic E-state index is 14.6. The van der Waals surface area contributed by atoms with E-state index in [4.69, 9.17) is 9.72 Å². The summed E-state index contributed by atoms with van der Waals surface area (Å²) in [6.45, 7) is 3.81. The van der Waals surface area contributed by atoms with Gasteiger partial charge in [-0.1, -0.05) is 36.8 Å². The maximum Gasteiger partial charge on any atom is 0.225 e. The van der Waals surface area contributed by atoms with Crippen LogP contribution in [0.15, 0.2) is 66.9 Å². The minimum Gasteiger partial charge on any atom is -0.497 e. The summed E-state index contributed by atoms with van der Waals surface area (Å²) in [5.41, 5.74) is 5.08. The average molecular weight is 499 g/mol. The third-order valence-corrected chi connectivity index (χ3v) is 7.76. The summed E-state index contributed by atoms with van der Waals surface area (Å²) in [6, 6.07) is 18.6. The van der Waals surface area contributed by atoms with Crippen molar-refractivity contribution in [1.82, 2.24) is 19.2 Å². The number of methoxy groups -OCH3 is 1. The molecule has 37 heavy (non-hydrogen) atoms. The maximum absolute atomic E-state index is 14.6. The van der Waals surface area contributed by atoms with E-state index < -0.39 is 0 Å². The Balaban J connectivity index is 1.35. The van der Waals surface area contributed by atoms with Crippen molar-refractivity contribution in [2.45, 2.75) is 25.8 Å². The van der Waals surface area contributed by atoms with Gasteiger partial charge in [0, 0.05) is 61.5 Å². The molecule has 7 heteroatoms. The Hall–Kier alpha value is -3.71. The monoisotopic (exact) mass is 498 g/mol. The molecular weight excluding hydrogens is 467 g/mol. The first-order valence-corrected chi connectivity index (χ1v) is 13.0. The predicted octanol–water partition coefficient (Wildman–Crippen LogP) is 5.26. The number of ether oxygens (including phenoxy) is 1. The molecule has 0 atom stereocenters. The summed E-state index contributed by atoms with van der Waals surface area (Å²) in [7, 11) is 1.66. The number of fused-ring (bicyclic) bond motifs is 1. The van der Waals surface area contributed by atoms with E-state index in [1.54, 1.807) is 19.2 Å². The van der Waals surface area contributed by atoms with Crippen LogP contribution in [-0.4, -0.2) is 58.4 Å². The zero-order chi connectivity index (χ0) is 25.4. The number of hydrogen-bond acceptors (Lipinski definition) is 4. The summed E-state index contributed by atoms with van der Waals surface area (Å²) in [4.78, 5) is 22.1. The van der Waals surface area contributed by atoms with Crippen LogP contribution in [0.4, 0.5) is 4.39 Å². The quantitative estimate of drug-likeness (QED) is 0.364. The standard InChI is InChI=1S/C30H31FN4O2/c1-37-24-9-5-8-22(18-24)29-27(20-33-14-16-34(17-15-33)30(36)21-6-4-7-21)35-19-23(12-13-28(35)32-29)25-10-2-3-11-26(25)31/h2-3,5,8-13,18-19,21H,4,6-7,14-17,20H2,1H3. The van der Waals surface area contributed by atoms with E-state index >= 15 is 0 Å². The van der Waals surface area contributed by atoms with Crippen molar-refractivity contribution in [2.75, 3.05) is 33.3 Å². The molecule has 2 aliphatic rings. The molecule has 3 heterocycles. The molecule has 2 fully saturated rings. The first-order valence-electron chi connectivity index (χ1n) is 13.0. The molecule has 0 N–H and O–H groups in total. The number of pyridine rings is 1. The summed E-state index contributed by atoms with van der Waals surface area (Å²) in [5.74, 6) is 1.09. The average Bonchev–Trinajstić information content (AvgIpc) is 3.26. The lowest BCUT2D eigenvalue weighted by Crippen LogP contribution is -2.50. The van der Waals surface area contributed by atoms with Crippen molar-refractivity contribution in [3.8, 4) is 28.1 Å². The number of rotatable bonds is 6. The molecule has 0 spiro atoms. The van der Waals surface area contributed by atoms with Crippen molar-refractivity contribution >= 4 is 11.6 Å². The highest BCUT2D eigenvalue weighted by Gasteiger charge is 2.31. The predicted molar refractivity (Wildman–Crippen MR) is 142 cm³/mol. The van der Waals surface area contributed by atoms with E-state index in [9.17, 15) is 9.18 Å². The van der Waals surface area contributed by atoms with Crippen molar-refractivity contribution in [3.05, 3.63) is 78.4 Å². The topological polar surface area (TPSA) is 50.1 Å². The van der Waals surface area contributed by atoms with Gasteiger partial charge in [-0.05, 0) is 43.2 Å². The van der Waals surface area contributed by atoms with E-state index in [2.05, 4.69) is 9.30 Å². The Morgan fingerprint density at radius 3 is 2.54 bits per heavy atom. The number of piperazine rings is 1. The Kier molecular flexibility index (Phi) is 6.38. The lowest BCUT2D eigenvalue weighted by atomic mass is 9.84. The molecule has 1 saturated carbocycles. The number of amides is 1. The molecule has 2 aromatic heterocycles. The van der Waals surface area contributed by atoms with Crippen molar-refractivity contribution in [1.29, 1.82) is 0 Å². The molecule has 0 unspecified atom stereocenters. The minimum absolute atomic E-state index is 0.238. The van der Waals surface area contributed by atoms with Crippen LogP contribution in [-0.2, 0) is 11.3 Å². The Bertz CT molecular complexity index is 1440. The number of hydrogen-bond donors (Lipinski definition) is 0. The first kappa shape index (κ1) is 23.7. The van der Waals surface area contributed by atoms with Crippen LogP contribution in [0.1, 0.15) is 25.0 Å². The number of benzene rings is 2. The van der Waals surface area contributed by atoms with Crippen LogP contribution in [0.25, 0.3) is 28.0 Å². The highest BCUT2D eigenvalue weighted by atomic mass is 19.1. The van der Waals surface area contributed by atoms with Crippen molar-refractivity contribution in [2.24, 2.45) is 5.92 Å². The molecule has 6 rings (SSSR count). The molecule has 1 aliphatic carbocycles. The van der Waals surface area contributed by atoms with Gasteiger partial charge in [-0.3, -0.25) is 9.69 Å². The second-order valence-corrected chi connectivity index (χ2v) is 9.99. The Labute approximate surface area is 216 Å². The SMILES string of the molecule is COc1cccc(-c2nc3ccc(-c4ccccc4F)cn3c2CN2CCN(C(=O)C3CCC3)CC2)c1. The van der Waals surface area contributed by atoms with Gasteiger partial charge in [0.05, 0.1) is 18.5 Å². The minimum atomic E-state index is -0.246.